The molecule has 0 atom stereocenters. The Morgan fingerprint density at radius 3 is 1.96 bits per heavy atom. The molecule has 3 aromatic rings. The van der Waals surface area contributed by atoms with Crippen LogP contribution >= 0.6 is 23.2 Å². The van der Waals surface area contributed by atoms with E-state index in [2.05, 4.69) is 26.7 Å². The van der Waals surface area contributed by atoms with Crippen LogP contribution in [-0.4, -0.2) is 9.97 Å². The molecule has 1 aromatic heterocycles. The van der Waals surface area contributed by atoms with Crippen molar-refractivity contribution in [2.24, 2.45) is 0 Å². The fourth-order valence-electron chi connectivity index (χ4n) is 2.25. The molecular formula is C18H13Cl2N5. The number of hydrogen-bond acceptors (Lipinski definition) is 5. The summed E-state index contributed by atoms with van der Waals surface area (Å²) in [6.45, 7) is 1.81. The number of aryl methyl sites for hydroxylation is 1. The summed E-state index contributed by atoms with van der Waals surface area (Å²) in [4.78, 5) is 8.74. The normalized spacial score (nSPS) is 10.2. The van der Waals surface area contributed by atoms with E-state index in [1.165, 1.54) is 0 Å². The van der Waals surface area contributed by atoms with Crippen LogP contribution in [0.5, 0.6) is 0 Å². The molecule has 0 spiro atoms. The lowest BCUT2D eigenvalue weighted by molar-refractivity contribution is 1.06. The van der Waals surface area contributed by atoms with Gasteiger partial charge in [-0.3, -0.25) is 0 Å². The fraction of sp³-hybridized carbons (Fsp3) is 0.0556. The van der Waals surface area contributed by atoms with Crippen LogP contribution in [0.4, 0.5) is 23.0 Å². The maximum absolute atomic E-state index is 8.85. The second-order valence-corrected chi connectivity index (χ2v) is 6.16. The van der Waals surface area contributed by atoms with E-state index >= 15 is 0 Å². The van der Waals surface area contributed by atoms with Crippen molar-refractivity contribution in [3.8, 4) is 6.07 Å². The molecule has 5 nitrogen and oxygen atoms in total. The molecule has 2 N–H and O–H groups in total. The van der Waals surface area contributed by atoms with Crippen LogP contribution in [0.25, 0.3) is 0 Å². The lowest BCUT2D eigenvalue weighted by Crippen LogP contribution is -2.01. The van der Waals surface area contributed by atoms with Crippen LogP contribution in [0.15, 0.2) is 48.5 Å². The quantitative estimate of drug-likeness (QED) is 0.639. The molecule has 2 aromatic carbocycles. The molecule has 0 saturated carbocycles. The van der Waals surface area contributed by atoms with Crippen molar-refractivity contribution >= 4 is 46.2 Å². The molecule has 0 radical (unpaired) electrons. The second kappa shape index (κ2) is 7.39. The van der Waals surface area contributed by atoms with Gasteiger partial charge < -0.3 is 10.6 Å². The molecule has 0 saturated heterocycles. The summed E-state index contributed by atoms with van der Waals surface area (Å²) in [5.74, 6) is 1.85. The van der Waals surface area contributed by atoms with Gasteiger partial charge in [0.05, 0.1) is 11.6 Å². The zero-order chi connectivity index (χ0) is 17.8. The van der Waals surface area contributed by atoms with Crippen molar-refractivity contribution in [2.45, 2.75) is 6.92 Å². The van der Waals surface area contributed by atoms with E-state index in [-0.39, 0.29) is 0 Å². The molecule has 0 aliphatic heterocycles. The number of rotatable bonds is 4. The van der Waals surface area contributed by atoms with E-state index in [0.29, 0.717) is 33.1 Å². The number of halogens is 2. The molecule has 0 fully saturated rings. The minimum absolute atomic E-state index is 0.539. The molecule has 1 heterocycles. The van der Waals surface area contributed by atoms with Gasteiger partial charge in [-0.1, -0.05) is 23.2 Å². The number of hydrogen-bond donors (Lipinski definition) is 2. The van der Waals surface area contributed by atoms with Gasteiger partial charge >= 0.3 is 0 Å². The number of anilines is 4. The lowest BCUT2D eigenvalue weighted by Gasteiger charge is -2.11. The van der Waals surface area contributed by atoms with Gasteiger partial charge in [-0.25, -0.2) is 9.97 Å². The Morgan fingerprint density at radius 2 is 1.40 bits per heavy atom. The molecule has 7 heteroatoms. The first-order valence-electron chi connectivity index (χ1n) is 7.38. The molecule has 0 unspecified atom stereocenters. The van der Waals surface area contributed by atoms with E-state index in [1.54, 1.807) is 43.3 Å². The highest BCUT2D eigenvalue weighted by Gasteiger charge is 2.05. The first kappa shape index (κ1) is 17.0. The minimum Gasteiger partial charge on any atom is -0.340 e. The molecule has 25 heavy (non-hydrogen) atoms. The first-order chi connectivity index (χ1) is 12.0. The van der Waals surface area contributed by atoms with Gasteiger partial charge in [-0.2, -0.15) is 5.26 Å². The van der Waals surface area contributed by atoms with Crippen LogP contribution in [0.3, 0.4) is 0 Å². The van der Waals surface area contributed by atoms with E-state index in [9.17, 15) is 0 Å². The van der Waals surface area contributed by atoms with Gasteiger partial charge in [0.15, 0.2) is 0 Å². The van der Waals surface area contributed by atoms with Gasteiger partial charge in [0.2, 0.25) is 0 Å². The van der Waals surface area contributed by atoms with Gasteiger partial charge in [-0.15, -0.1) is 0 Å². The number of aromatic nitrogens is 2. The number of nitrogens with one attached hydrogen (secondary N) is 2. The van der Waals surface area contributed by atoms with Crippen molar-refractivity contribution < 1.29 is 0 Å². The van der Waals surface area contributed by atoms with Crippen LogP contribution in [0.1, 0.15) is 11.4 Å². The maximum Gasteiger partial charge on any atom is 0.136 e. The molecule has 0 bridgehead atoms. The average molecular weight is 370 g/mol. The summed E-state index contributed by atoms with van der Waals surface area (Å²) < 4.78 is 0. The van der Waals surface area contributed by atoms with Gasteiger partial charge in [0.25, 0.3) is 0 Å². The number of nitriles is 1. The largest absolute Gasteiger partial charge is 0.340 e. The van der Waals surface area contributed by atoms with Gasteiger partial charge in [0, 0.05) is 27.5 Å². The zero-order valence-electron chi connectivity index (χ0n) is 13.2. The first-order valence-corrected chi connectivity index (χ1v) is 8.13. The summed E-state index contributed by atoms with van der Waals surface area (Å²) >= 11 is 12.0. The smallest absolute Gasteiger partial charge is 0.136 e. The minimum atomic E-state index is 0.539. The SMILES string of the molecule is Cc1nc(Nc2ccc(C#N)cc2)cc(Nc2cc(Cl)cc(Cl)c2)n1. The van der Waals surface area contributed by atoms with Crippen molar-refractivity contribution in [3.05, 3.63) is 70.0 Å². The third kappa shape index (κ3) is 4.60. The van der Waals surface area contributed by atoms with E-state index in [4.69, 9.17) is 28.5 Å². The van der Waals surface area contributed by atoms with Gasteiger partial charge in [0.1, 0.15) is 17.5 Å². The monoisotopic (exact) mass is 369 g/mol. The third-order valence-electron chi connectivity index (χ3n) is 3.26. The van der Waals surface area contributed by atoms with E-state index in [1.807, 2.05) is 12.1 Å². The highest BCUT2D eigenvalue weighted by atomic mass is 35.5. The summed E-state index contributed by atoms with van der Waals surface area (Å²) in [6.07, 6.45) is 0. The van der Waals surface area contributed by atoms with E-state index < -0.39 is 0 Å². The van der Waals surface area contributed by atoms with Crippen LogP contribution < -0.4 is 10.6 Å². The van der Waals surface area contributed by atoms with Crippen molar-refractivity contribution in [3.63, 3.8) is 0 Å². The second-order valence-electron chi connectivity index (χ2n) is 5.28. The Balaban J connectivity index is 1.83. The molecule has 0 amide bonds. The topological polar surface area (TPSA) is 73.6 Å². The summed E-state index contributed by atoms with van der Waals surface area (Å²) in [7, 11) is 0. The maximum atomic E-state index is 8.85. The van der Waals surface area contributed by atoms with Crippen LogP contribution in [0.2, 0.25) is 10.0 Å². The Bertz CT molecular complexity index is 928. The molecular weight excluding hydrogens is 357 g/mol. The fourth-order valence-corrected chi connectivity index (χ4v) is 2.77. The van der Waals surface area contributed by atoms with Gasteiger partial charge in [-0.05, 0) is 49.4 Å². The Morgan fingerprint density at radius 1 is 0.840 bits per heavy atom. The van der Waals surface area contributed by atoms with Crippen molar-refractivity contribution in [2.75, 3.05) is 10.6 Å². The third-order valence-corrected chi connectivity index (χ3v) is 3.70. The Kier molecular flexibility index (Phi) is 5.03. The number of nitrogens with zero attached hydrogens (tertiary/aromatic N) is 3. The number of benzene rings is 2. The summed E-state index contributed by atoms with van der Waals surface area (Å²) in [5.41, 5.74) is 2.17. The standard InChI is InChI=1S/C18H13Cl2N5/c1-11-22-17(24-15-4-2-12(10-21)3-5-15)9-18(23-11)25-16-7-13(19)6-14(20)8-16/h2-9H,1H3,(H2,22,23,24,25). The average Bonchev–Trinajstić information content (AvgIpc) is 2.54. The van der Waals surface area contributed by atoms with Crippen molar-refractivity contribution in [1.82, 2.24) is 9.97 Å². The summed E-state index contributed by atoms with van der Waals surface area (Å²) in [5, 5.41) is 16.3. The molecule has 0 aliphatic rings. The summed E-state index contributed by atoms with van der Waals surface area (Å²) in [6, 6.07) is 16.2. The highest BCUT2D eigenvalue weighted by Crippen LogP contribution is 2.26. The van der Waals surface area contributed by atoms with Crippen molar-refractivity contribution in [1.29, 1.82) is 5.26 Å². The van der Waals surface area contributed by atoms with Crippen LogP contribution in [0, 0.1) is 18.3 Å². The lowest BCUT2D eigenvalue weighted by atomic mass is 10.2. The zero-order valence-corrected chi connectivity index (χ0v) is 14.7. The predicted octanol–water partition coefficient (Wildman–Crippen LogP) is 5.45. The highest BCUT2D eigenvalue weighted by molar-refractivity contribution is 6.35. The van der Waals surface area contributed by atoms with E-state index in [0.717, 1.165) is 11.4 Å². The predicted molar refractivity (Wildman–Crippen MR) is 101 cm³/mol. The van der Waals surface area contributed by atoms with Crippen LogP contribution in [-0.2, 0) is 0 Å². The molecule has 3 rings (SSSR count). The Labute approximate surface area is 155 Å². The molecule has 124 valence electrons. The Hall–Kier alpha value is -2.81. The molecule has 0 aliphatic carbocycles.